The molecule has 1 atom stereocenters. The lowest BCUT2D eigenvalue weighted by Crippen LogP contribution is -2.22. The van der Waals surface area contributed by atoms with Gasteiger partial charge in [0.2, 0.25) is 0 Å². The van der Waals surface area contributed by atoms with Gasteiger partial charge in [0.25, 0.3) is 0 Å². The van der Waals surface area contributed by atoms with Crippen LogP contribution in [0.4, 0.5) is 0 Å². The van der Waals surface area contributed by atoms with Crippen LogP contribution < -0.4 is 14.2 Å². The number of aliphatic carboxylic acids is 2. The van der Waals surface area contributed by atoms with Crippen molar-refractivity contribution < 1.29 is 34.0 Å². The van der Waals surface area contributed by atoms with E-state index in [-0.39, 0.29) is 12.2 Å². The molecule has 0 aliphatic heterocycles. The second-order valence-electron chi connectivity index (χ2n) is 5.54. The van der Waals surface area contributed by atoms with Crippen LogP contribution in [0, 0.1) is 0 Å². The number of ether oxygens (including phenoxy) is 3. The van der Waals surface area contributed by atoms with Crippen LogP contribution >= 0.6 is 39.1 Å². The SMILES string of the molecule is CC(Oc1cc(Cl)ccc1Cl)C(=O)O.COc1cc(Br)c(CC(=O)O)cc1OC. The van der Waals surface area contributed by atoms with Crippen LogP contribution in [-0.2, 0) is 16.0 Å². The van der Waals surface area contributed by atoms with Gasteiger partial charge in [-0.3, -0.25) is 4.79 Å². The molecule has 0 amide bonds. The smallest absolute Gasteiger partial charge is 0.344 e. The Morgan fingerprint density at radius 2 is 1.62 bits per heavy atom. The molecule has 7 nitrogen and oxygen atoms in total. The zero-order valence-electron chi connectivity index (χ0n) is 15.7. The fourth-order valence-corrected chi connectivity index (χ4v) is 2.79. The average molecular weight is 510 g/mol. The number of methoxy groups -OCH3 is 2. The van der Waals surface area contributed by atoms with Crippen LogP contribution in [0.2, 0.25) is 10.0 Å². The number of halogens is 3. The Bertz CT molecular complexity index is 874. The molecule has 2 rings (SSSR count). The lowest BCUT2D eigenvalue weighted by molar-refractivity contribution is -0.144. The lowest BCUT2D eigenvalue weighted by Gasteiger charge is -2.11. The fraction of sp³-hybridized carbons (Fsp3) is 0.263. The molecule has 0 bridgehead atoms. The van der Waals surface area contributed by atoms with Gasteiger partial charge in [-0.2, -0.15) is 0 Å². The fourth-order valence-electron chi connectivity index (χ4n) is 2.00. The summed E-state index contributed by atoms with van der Waals surface area (Å²) in [4.78, 5) is 21.1. The van der Waals surface area contributed by atoms with Crippen LogP contribution in [0.15, 0.2) is 34.8 Å². The van der Waals surface area contributed by atoms with Crippen molar-refractivity contribution in [1.29, 1.82) is 0 Å². The first kappa shape index (κ1) is 24.9. The average Bonchev–Trinajstić information content (AvgIpc) is 2.66. The number of benzene rings is 2. The number of hydrogen-bond acceptors (Lipinski definition) is 5. The number of carboxylic acid groups (broad SMARTS) is 2. The number of rotatable bonds is 7. The van der Waals surface area contributed by atoms with Gasteiger partial charge in [-0.1, -0.05) is 39.1 Å². The molecule has 2 N–H and O–H groups in total. The Morgan fingerprint density at radius 3 is 2.14 bits per heavy atom. The summed E-state index contributed by atoms with van der Waals surface area (Å²) in [6, 6.07) is 7.97. The molecule has 0 saturated heterocycles. The Balaban J connectivity index is 0.000000291. The van der Waals surface area contributed by atoms with E-state index in [9.17, 15) is 9.59 Å². The Morgan fingerprint density at radius 1 is 1.03 bits per heavy atom. The van der Waals surface area contributed by atoms with Crippen molar-refractivity contribution in [3.8, 4) is 17.2 Å². The Labute approximate surface area is 186 Å². The summed E-state index contributed by atoms with van der Waals surface area (Å²) in [6.07, 6.45) is -1.01. The van der Waals surface area contributed by atoms with Gasteiger partial charge < -0.3 is 24.4 Å². The monoisotopic (exact) mass is 508 g/mol. The summed E-state index contributed by atoms with van der Waals surface area (Å²) >= 11 is 14.7. The van der Waals surface area contributed by atoms with Crippen LogP contribution in [-0.4, -0.2) is 42.5 Å². The second-order valence-corrected chi connectivity index (χ2v) is 7.24. The van der Waals surface area contributed by atoms with E-state index in [1.165, 1.54) is 27.2 Å². The van der Waals surface area contributed by atoms with Crippen LogP contribution in [0.3, 0.4) is 0 Å². The summed E-state index contributed by atoms with van der Waals surface area (Å²) in [6.45, 7) is 1.42. The molecule has 0 aromatic heterocycles. The summed E-state index contributed by atoms with van der Waals surface area (Å²) in [5, 5.41) is 18.1. The van der Waals surface area contributed by atoms with Crippen molar-refractivity contribution in [2.75, 3.05) is 14.2 Å². The molecule has 10 heteroatoms. The van der Waals surface area contributed by atoms with E-state index in [1.54, 1.807) is 24.3 Å². The summed E-state index contributed by atoms with van der Waals surface area (Å²) < 4.78 is 15.9. The van der Waals surface area contributed by atoms with Gasteiger partial charge in [-0.25, -0.2) is 4.79 Å². The minimum atomic E-state index is -1.05. The third kappa shape index (κ3) is 8.00. The van der Waals surface area contributed by atoms with Gasteiger partial charge in [0.15, 0.2) is 17.6 Å². The predicted molar refractivity (Wildman–Crippen MR) is 113 cm³/mol. The first-order valence-electron chi connectivity index (χ1n) is 8.05. The molecule has 0 aliphatic carbocycles. The second kappa shape index (κ2) is 11.7. The molecule has 0 saturated carbocycles. The van der Waals surface area contributed by atoms with E-state index in [0.717, 1.165) is 0 Å². The van der Waals surface area contributed by atoms with E-state index >= 15 is 0 Å². The van der Waals surface area contributed by atoms with E-state index in [4.69, 9.17) is 47.6 Å². The van der Waals surface area contributed by atoms with Crippen molar-refractivity contribution in [2.24, 2.45) is 0 Å². The molecular weight excluding hydrogens is 491 g/mol. The standard InChI is InChI=1S/C10H11BrO4.C9H8Cl2O3/c1-14-8-3-6(4-10(12)13)7(11)5-9(8)15-2;1-5(9(12)13)14-8-4-6(10)2-3-7(8)11/h3,5H,4H2,1-2H3,(H,12,13);2-5H,1H3,(H,12,13). The summed E-state index contributed by atoms with van der Waals surface area (Å²) in [7, 11) is 3.04. The minimum absolute atomic E-state index is 0.0546. The number of carbonyl (C=O) groups is 2. The van der Waals surface area contributed by atoms with E-state index in [1.807, 2.05) is 0 Å². The maximum Gasteiger partial charge on any atom is 0.344 e. The van der Waals surface area contributed by atoms with Crippen molar-refractivity contribution in [3.63, 3.8) is 0 Å². The van der Waals surface area contributed by atoms with Gasteiger partial charge in [-0.15, -0.1) is 0 Å². The maximum atomic E-state index is 10.6. The van der Waals surface area contributed by atoms with E-state index in [2.05, 4.69) is 15.9 Å². The molecule has 0 fully saturated rings. The van der Waals surface area contributed by atoms with Gasteiger partial charge in [0, 0.05) is 15.6 Å². The Kier molecular flexibility index (Phi) is 10.1. The first-order chi connectivity index (χ1) is 13.6. The van der Waals surface area contributed by atoms with Crippen molar-refractivity contribution >= 4 is 51.1 Å². The lowest BCUT2D eigenvalue weighted by atomic mass is 10.1. The van der Waals surface area contributed by atoms with Crippen LogP contribution in [0.5, 0.6) is 17.2 Å². The van der Waals surface area contributed by atoms with Crippen molar-refractivity contribution in [3.05, 3.63) is 50.4 Å². The van der Waals surface area contributed by atoms with Gasteiger partial charge >= 0.3 is 11.9 Å². The molecule has 0 aliphatic rings. The van der Waals surface area contributed by atoms with Crippen LogP contribution in [0.25, 0.3) is 0 Å². The molecule has 29 heavy (non-hydrogen) atoms. The highest BCUT2D eigenvalue weighted by molar-refractivity contribution is 9.10. The molecule has 2 aromatic carbocycles. The van der Waals surface area contributed by atoms with Gasteiger partial charge in [-0.05, 0) is 36.8 Å². The molecule has 158 valence electrons. The molecule has 0 spiro atoms. The van der Waals surface area contributed by atoms with Gasteiger partial charge in [0.05, 0.1) is 25.7 Å². The quantitative estimate of drug-likeness (QED) is 0.544. The number of carboxylic acids is 2. The van der Waals surface area contributed by atoms with Gasteiger partial charge in [0.1, 0.15) is 5.75 Å². The molecule has 2 aromatic rings. The Hall–Kier alpha value is -2.16. The van der Waals surface area contributed by atoms with E-state index < -0.39 is 18.0 Å². The molecule has 0 radical (unpaired) electrons. The highest BCUT2D eigenvalue weighted by Gasteiger charge is 2.14. The normalized spacial score (nSPS) is 11.0. The minimum Gasteiger partial charge on any atom is -0.493 e. The zero-order valence-corrected chi connectivity index (χ0v) is 18.8. The first-order valence-corrected chi connectivity index (χ1v) is 9.60. The highest BCUT2D eigenvalue weighted by Crippen LogP contribution is 2.33. The summed E-state index contributed by atoms with van der Waals surface area (Å²) in [5.41, 5.74) is 0.653. The molecule has 1 unspecified atom stereocenters. The topological polar surface area (TPSA) is 102 Å². The maximum absolute atomic E-state index is 10.6. The number of hydrogen-bond donors (Lipinski definition) is 2. The highest BCUT2D eigenvalue weighted by atomic mass is 79.9. The van der Waals surface area contributed by atoms with Crippen LogP contribution in [0.1, 0.15) is 12.5 Å². The zero-order chi connectivity index (χ0) is 22.1. The van der Waals surface area contributed by atoms with Crippen molar-refractivity contribution in [2.45, 2.75) is 19.4 Å². The third-order valence-corrected chi connectivity index (χ3v) is 4.72. The summed E-state index contributed by atoms with van der Waals surface area (Å²) in [5.74, 6) is -0.575. The molecular formula is C19H19BrCl2O7. The third-order valence-electron chi connectivity index (χ3n) is 3.44. The molecule has 0 heterocycles. The van der Waals surface area contributed by atoms with Crippen molar-refractivity contribution in [1.82, 2.24) is 0 Å². The largest absolute Gasteiger partial charge is 0.493 e. The predicted octanol–water partition coefficient (Wildman–Crippen LogP) is 4.94. The van der Waals surface area contributed by atoms with E-state index in [0.29, 0.717) is 31.6 Å².